The van der Waals surface area contributed by atoms with Crippen molar-refractivity contribution in [2.45, 2.75) is 13.5 Å². The van der Waals surface area contributed by atoms with Crippen LogP contribution in [0.15, 0.2) is 18.2 Å². The second-order valence-electron chi connectivity index (χ2n) is 3.82. The van der Waals surface area contributed by atoms with Crippen LogP contribution < -0.4 is 5.73 Å². The molecular formula is C11H10Cl2N4O. The fourth-order valence-corrected chi connectivity index (χ4v) is 2.18. The van der Waals surface area contributed by atoms with Crippen LogP contribution in [-0.4, -0.2) is 20.9 Å². The molecule has 0 fully saturated rings. The van der Waals surface area contributed by atoms with Crippen LogP contribution in [0.5, 0.6) is 0 Å². The van der Waals surface area contributed by atoms with E-state index in [1.165, 1.54) is 0 Å². The Bertz CT molecular complexity index is 589. The summed E-state index contributed by atoms with van der Waals surface area (Å²) in [5.41, 5.74) is 6.82. The standard InChI is InChI=1S/C11H10Cl2N4O/c1-6-10(11(14)18)15-16-17(6)5-7-2-8(12)4-9(13)3-7/h2-4H,5H2,1H3,(H2,14,18). The van der Waals surface area contributed by atoms with E-state index in [2.05, 4.69) is 10.3 Å². The molecule has 0 bridgehead atoms. The molecular weight excluding hydrogens is 275 g/mol. The summed E-state index contributed by atoms with van der Waals surface area (Å²) in [4.78, 5) is 11.1. The van der Waals surface area contributed by atoms with Crippen molar-refractivity contribution in [3.8, 4) is 0 Å². The van der Waals surface area contributed by atoms with Crippen molar-refractivity contribution in [1.82, 2.24) is 15.0 Å². The number of amides is 1. The smallest absolute Gasteiger partial charge is 0.271 e. The second-order valence-corrected chi connectivity index (χ2v) is 4.70. The molecule has 0 aliphatic rings. The number of carbonyl (C=O) groups excluding carboxylic acids is 1. The minimum absolute atomic E-state index is 0.170. The Morgan fingerprint density at radius 1 is 1.33 bits per heavy atom. The number of hydrogen-bond acceptors (Lipinski definition) is 3. The summed E-state index contributed by atoms with van der Waals surface area (Å²) in [6.07, 6.45) is 0. The molecule has 1 aromatic heterocycles. The molecule has 0 saturated heterocycles. The number of rotatable bonds is 3. The Hall–Kier alpha value is -1.59. The van der Waals surface area contributed by atoms with Crippen LogP contribution in [0.25, 0.3) is 0 Å². The zero-order valence-corrected chi connectivity index (χ0v) is 11.0. The third-order valence-electron chi connectivity index (χ3n) is 2.47. The van der Waals surface area contributed by atoms with Gasteiger partial charge in [0.25, 0.3) is 5.91 Å². The number of hydrogen-bond donors (Lipinski definition) is 1. The number of benzene rings is 1. The van der Waals surface area contributed by atoms with E-state index >= 15 is 0 Å². The molecule has 1 aromatic carbocycles. The minimum atomic E-state index is -0.595. The molecule has 2 rings (SSSR count). The Morgan fingerprint density at radius 2 is 1.94 bits per heavy atom. The first-order chi connectivity index (χ1) is 8.47. The van der Waals surface area contributed by atoms with Crippen molar-refractivity contribution < 1.29 is 4.79 Å². The van der Waals surface area contributed by atoms with E-state index in [0.29, 0.717) is 22.3 Å². The van der Waals surface area contributed by atoms with E-state index in [1.54, 1.807) is 29.8 Å². The molecule has 0 radical (unpaired) electrons. The monoisotopic (exact) mass is 284 g/mol. The van der Waals surface area contributed by atoms with Gasteiger partial charge in [-0.05, 0) is 30.7 Å². The molecule has 0 atom stereocenters. The van der Waals surface area contributed by atoms with Gasteiger partial charge in [0.15, 0.2) is 5.69 Å². The molecule has 2 aromatic rings. The van der Waals surface area contributed by atoms with Gasteiger partial charge in [0.05, 0.1) is 12.2 Å². The van der Waals surface area contributed by atoms with Crippen LogP contribution in [0.3, 0.4) is 0 Å². The SMILES string of the molecule is Cc1c(C(N)=O)nnn1Cc1cc(Cl)cc(Cl)c1. The van der Waals surface area contributed by atoms with Gasteiger partial charge in [0.1, 0.15) is 0 Å². The number of halogens is 2. The fourth-order valence-electron chi connectivity index (χ4n) is 1.61. The van der Waals surface area contributed by atoms with Gasteiger partial charge in [-0.1, -0.05) is 28.4 Å². The minimum Gasteiger partial charge on any atom is -0.364 e. The topological polar surface area (TPSA) is 73.8 Å². The van der Waals surface area contributed by atoms with Crippen molar-refractivity contribution >= 4 is 29.1 Å². The average molecular weight is 285 g/mol. The zero-order chi connectivity index (χ0) is 13.3. The maximum atomic E-state index is 11.1. The number of nitrogens with zero attached hydrogens (tertiary/aromatic N) is 3. The van der Waals surface area contributed by atoms with E-state index in [1.807, 2.05) is 0 Å². The molecule has 2 N–H and O–H groups in total. The highest BCUT2D eigenvalue weighted by Gasteiger charge is 2.13. The van der Waals surface area contributed by atoms with Gasteiger partial charge >= 0.3 is 0 Å². The number of carbonyl (C=O) groups is 1. The van der Waals surface area contributed by atoms with E-state index in [4.69, 9.17) is 28.9 Å². The predicted octanol–water partition coefficient (Wildman–Crippen LogP) is 2.04. The molecule has 7 heteroatoms. The number of primary amides is 1. The summed E-state index contributed by atoms with van der Waals surface area (Å²) in [6.45, 7) is 2.15. The van der Waals surface area contributed by atoms with Crippen LogP contribution in [0.2, 0.25) is 10.0 Å². The molecule has 0 spiro atoms. The van der Waals surface area contributed by atoms with E-state index in [0.717, 1.165) is 5.56 Å². The van der Waals surface area contributed by atoms with Crippen LogP contribution >= 0.6 is 23.2 Å². The highest BCUT2D eigenvalue weighted by Crippen LogP contribution is 2.20. The lowest BCUT2D eigenvalue weighted by molar-refractivity contribution is 0.0995. The van der Waals surface area contributed by atoms with Gasteiger partial charge in [0, 0.05) is 10.0 Å². The lowest BCUT2D eigenvalue weighted by atomic mass is 10.2. The van der Waals surface area contributed by atoms with Crippen LogP contribution in [0.4, 0.5) is 0 Å². The summed E-state index contributed by atoms with van der Waals surface area (Å²) in [5, 5.41) is 8.69. The van der Waals surface area contributed by atoms with E-state index in [9.17, 15) is 4.79 Å². The van der Waals surface area contributed by atoms with Crippen molar-refractivity contribution in [2.24, 2.45) is 5.73 Å². The van der Waals surface area contributed by atoms with Gasteiger partial charge in [-0.3, -0.25) is 4.79 Å². The summed E-state index contributed by atoms with van der Waals surface area (Å²) in [7, 11) is 0. The summed E-state index contributed by atoms with van der Waals surface area (Å²) in [5.74, 6) is -0.595. The van der Waals surface area contributed by atoms with Crippen LogP contribution in [0.1, 0.15) is 21.7 Å². The quantitative estimate of drug-likeness (QED) is 0.937. The Balaban J connectivity index is 2.31. The molecule has 1 heterocycles. The Kier molecular flexibility index (Phi) is 3.54. The third-order valence-corrected chi connectivity index (χ3v) is 2.91. The average Bonchev–Trinajstić information content (AvgIpc) is 2.59. The zero-order valence-electron chi connectivity index (χ0n) is 9.52. The normalized spacial score (nSPS) is 10.6. The van der Waals surface area contributed by atoms with Gasteiger partial charge in [-0.25, -0.2) is 4.68 Å². The van der Waals surface area contributed by atoms with Gasteiger partial charge in [-0.15, -0.1) is 5.10 Å². The van der Waals surface area contributed by atoms with E-state index < -0.39 is 5.91 Å². The summed E-state index contributed by atoms with van der Waals surface area (Å²) >= 11 is 11.8. The molecule has 0 saturated carbocycles. The first kappa shape index (κ1) is 12.9. The first-order valence-corrected chi connectivity index (χ1v) is 5.88. The molecule has 0 aliphatic heterocycles. The van der Waals surface area contributed by atoms with Gasteiger partial charge < -0.3 is 5.73 Å². The summed E-state index contributed by atoms with van der Waals surface area (Å²) in [6, 6.07) is 5.20. The second kappa shape index (κ2) is 4.96. The molecule has 0 unspecified atom stereocenters. The lowest BCUT2D eigenvalue weighted by Gasteiger charge is -2.05. The van der Waals surface area contributed by atoms with Crippen molar-refractivity contribution in [3.63, 3.8) is 0 Å². The largest absolute Gasteiger partial charge is 0.364 e. The van der Waals surface area contributed by atoms with E-state index in [-0.39, 0.29) is 5.69 Å². The Labute approximate surface area is 113 Å². The fraction of sp³-hybridized carbons (Fsp3) is 0.182. The maximum absolute atomic E-state index is 11.1. The van der Waals surface area contributed by atoms with Crippen molar-refractivity contribution in [2.75, 3.05) is 0 Å². The van der Waals surface area contributed by atoms with Gasteiger partial charge in [0.2, 0.25) is 0 Å². The summed E-state index contributed by atoms with van der Waals surface area (Å²) < 4.78 is 1.57. The maximum Gasteiger partial charge on any atom is 0.271 e. The highest BCUT2D eigenvalue weighted by molar-refractivity contribution is 6.34. The van der Waals surface area contributed by atoms with Crippen LogP contribution in [-0.2, 0) is 6.54 Å². The third kappa shape index (κ3) is 2.63. The molecule has 1 amide bonds. The molecule has 0 aliphatic carbocycles. The Morgan fingerprint density at radius 3 is 2.44 bits per heavy atom. The van der Waals surface area contributed by atoms with Crippen LogP contribution in [0, 0.1) is 6.92 Å². The predicted molar refractivity (Wildman–Crippen MR) is 68.8 cm³/mol. The van der Waals surface area contributed by atoms with Gasteiger partial charge in [-0.2, -0.15) is 0 Å². The first-order valence-electron chi connectivity index (χ1n) is 5.12. The molecule has 18 heavy (non-hydrogen) atoms. The van der Waals surface area contributed by atoms with Crippen molar-refractivity contribution in [1.29, 1.82) is 0 Å². The lowest BCUT2D eigenvalue weighted by Crippen LogP contribution is -2.13. The number of aromatic nitrogens is 3. The highest BCUT2D eigenvalue weighted by atomic mass is 35.5. The molecule has 5 nitrogen and oxygen atoms in total. The molecule has 94 valence electrons. The van der Waals surface area contributed by atoms with Crippen molar-refractivity contribution in [3.05, 3.63) is 45.2 Å². The number of nitrogens with two attached hydrogens (primary N) is 1.